The van der Waals surface area contributed by atoms with Crippen LogP contribution in [-0.4, -0.2) is 27.2 Å². The Labute approximate surface area is 200 Å². The summed E-state index contributed by atoms with van der Waals surface area (Å²) in [5.41, 5.74) is 6.84. The maximum atomic E-state index is 13.8. The number of nitrogens with zero attached hydrogens (tertiary/aromatic N) is 3. The topological polar surface area (TPSA) is 47.4 Å². The number of amides is 1. The van der Waals surface area contributed by atoms with Crippen LogP contribution in [0.25, 0.3) is 11.3 Å². The Hall–Kier alpha value is -3.86. The van der Waals surface area contributed by atoms with Crippen LogP contribution in [0.3, 0.4) is 0 Å². The van der Waals surface area contributed by atoms with Gasteiger partial charge in [-0.05, 0) is 36.6 Å². The molecule has 5 rings (SSSR count). The third kappa shape index (κ3) is 3.98. The zero-order valence-electron chi connectivity index (χ0n) is 19.9. The van der Waals surface area contributed by atoms with E-state index in [1.54, 1.807) is 4.68 Å². The Morgan fingerprint density at radius 1 is 0.941 bits per heavy atom. The molecule has 0 N–H and O–H groups in total. The van der Waals surface area contributed by atoms with Gasteiger partial charge in [0.05, 0.1) is 18.3 Å². The molecule has 2 heterocycles. The molecule has 0 radical (unpaired) electrons. The Bertz CT molecular complexity index is 1290. The molecular formula is C29H29N3O2. The zero-order valence-corrected chi connectivity index (χ0v) is 19.9. The standard InChI is InChI=1S/C29H29N3O2/c1-4-18-34-24-16-14-23(15-17-24)27-25-26(22-12-10-20(2)11-13-22)30-31(3)28(25)29(33)32(27)19-21-8-6-5-7-9-21/h5-17,27H,4,18-19H2,1-3H3. The van der Waals surface area contributed by atoms with Gasteiger partial charge in [-0.3, -0.25) is 9.48 Å². The highest BCUT2D eigenvalue weighted by Gasteiger charge is 2.43. The number of aryl methyl sites for hydroxylation is 2. The van der Waals surface area contributed by atoms with Gasteiger partial charge < -0.3 is 9.64 Å². The van der Waals surface area contributed by atoms with Gasteiger partial charge in [0, 0.05) is 24.7 Å². The van der Waals surface area contributed by atoms with E-state index in [0.717, 1.165) is 40.1 Å². The lowest BCUT2D eigenvalue weighted by molar-refractivity contribution is 0.0726. The summed E-state index contributed by atoms with van der Waals surface area (Å²) in [5, 5.41) is 4.80. The van der Waals surface area contributed by atoms with Crippen LogP contribution in [0.1, 0.15) is 52.1 Å². The predicted molar refractivity (Wildman–Crippen MR) is 134 cm³/mol. The molecule has 0 spiro atoms. The largest absolute Gasteiger partial charge is 0.494 e. The number of hydrogen-bond donors (Lipinski definition) is 0. The molecule has 1 aliphatic heterocycles. The van der Waals surface area contributed by atoms with Crippen molar-refractivity contribution < 1.29 is 9.53 Å². The van der Waals surface area contributed by atoms with Crippen molar-refractivity contribution in [3.63, 3.8) is 0 Å². The van der Waals surface area contributed by atoms with E-state index in [1.165, 1.54) is 5.56 Å². The van der Waals surface area contributed by atoms with Gasteiger partial charge in [-0.2, -0.15) is 5.10 Å². The first-order valence-corrected chi connectivity index (χ1v) is 11.8. The normalized spacial score (nSPS) is 15.0. The van der Waals surface area contributed by atoms with Gasteiger partial charge >= 0.3 is 0 Å². The van der Waals surface area contributed by atoms with E-state index in [0.29, 0.717) is 18.8 Å². The van der Waals surface area contributed by atoms with E-state index in [-0.39, 0.29) is 11.9 Å². The Morgan fingerprint density at radius 2 is 1.65 bits per heavy atom. The van der Waals surface area contributed by atoms with E-state index >= 15 is 0 Å². The van der Waals surface area contributed by atoms with Crippen LogP contribution in [0.15, 0.2) is 78.9 Å². The van der Waals surface area contributed by atoms with Crippen molar-refractivity contribution in [2.45, 2.75) is 32.9 Å². The molecule has 34 heavy (non-hydrogen) atoms. The lowest BCUT2D eigenvalue weighted by Gasteiger charge is -2.27. The predicted octanol–water partition coefficient (Wildman–Crippen LogP) is 5.93. The zero-order chi connectivity index (χ0) is 23.7. The molecule has 5 nitrogen and oxygen atoms in total. The average molecular weight is 452 g/mol. The molecular weight excluding hydrogens is 422 g/mol. The quantitative estimate of drug-likeness (QED) is 0.350. The van der Waals surface area contributed by atoms with E-state index < -0.39 is 0 Å². The van der Waals surface area contributed by atoms with Crippen LogP contribution in [0.5, 0.6) is 5.75 Å². The number of ether oxygens (including phenoxy) is 1. The number of carbonyl (C=O) groups is 1. The van der Waals surface area contributed by atoms with E-state index in [2.05, 4.69) is 62.4 Å². The molecule has 0 bridgehead atoms. The summed E-state index contributed by atoms with van der Waals surface area (Å²) in [7, 11) is 1.86. The Morgan fingerprint density at radius 3 is 2.32 bits per heavy atom. The minimum absolute atomic E-state index is 0.00326. The number of benzene rings is 3. The van der Waals surface area contributed by atoms with Crippen LogP contribution >= 0.6 is 0 Å². The lowest BCUT2D eigenvalue weighted by Crippen LogP contribution is -2.29. The molecule has 1 aromatic heterocycles. The van der Waals surface area contributed by atoms with Crippen LogP contribution < -0.4 is 4.74 Å². The smallest absolute Gasteiger partial charge is 0.273 e. The average Bonchev–Trinajstić information content (AvgIpc) is 3.34. The third-order valence-electron chi connectivity index (χ3n) is 6.32. The fourth-order valence-electron chi connectivity index (χ4n) is 4.64. The summed E-state index contributed by atoms with van der Waals surface area (Å²) in [6.45, 7) is 5.38. The van der Waals surface area contributed by atoms with Gasteiger partial charge in [0.2, 0.25) is 0 Å². The fraction of sp³-hybridized carbons (Fsp3) is 0.241. The second-order valence-corrected chi connectivity index (χ2v) is 8.84. The van der Waals surface area contributed by atoms with Gasteiger partial charge in [-0.15, -0.1) is 0 Å². The summed E-state index contributed by atoms with van der Waals surface area (Å²) in [6.07, 6.45) is 0.961. The summed E-state index contributed by atoms with van der Waals surface area (Å²) in [5.74, 6) is 0.846. The van der Waals surface area contributed by atoms with Crippen molar-refractivity contribution in [3.8, 4) is 17.0 Å². The number of rotatable bonds is 7. The molecule has 1 unspecified atom stereocenters. The summed E-state index contributed by atoms with van der Waals surface area (Å²) >= 11 is 0. The molecule has 1 aliphatic rings. The van der Waals surface area contributed by atoms with Crippen molar-refractivity contribution in [2.75, 3.05) is 6.61 Å². The second-order valence-electron chi connectivity index (χ2n) is 8.84. The Balaban J connectivity index is 1.62. The highest BCUT2D eigenvalue weighted by atomic mass is 16.5. The maximum Gasteiger partial charge on any atom is 0.273 e. The first kappa shape index (κ1) is 22.0. The van der Waals surface area contributed by atoms with Gasteiger partial charge in [-0.1, -0.05) is 79.2 Å². The van der Waals surface area contributed by atoms with Gasteiger partial charge in [0.15, 0.2) is 0 Å². The highest BCUT2D eigenvalue weighted by Crippen LogP contribution is 2.44. The van der Waals surface area contributed by atoms with Crippen molar-refractivity contribution in [3.05, 3.63) is 107 Å². The molecule has 1 amide bonds. The first-order valence-electron chi connectivity index (χ1n) is 11.8. The number of fused-ring (bicyclic) bond motifs is 1. The number of carbonyl (C=O) groups excluding carboxylic acids is 1. The summed E-state index contributed by atoms with van der Waals surface area (Å²) in [6, 6.07) is 26.4. The van der Waals surface area contributed by atoms with Gasteiger partial charge in [0.25, 0.3) is 5.91 Å². The van der Waals surface area contributed by atoms with Crippen molar-refractivity contribution >= 4 is 5.91 Å². The van der Waals surface area contributed by atoms with E-state index in [1.807, 2.05) is 42.3 Å². The monoisotopic (exact) mass is 451 g/mol. The molecule has 0 aliphatic carbocycles. The van der Waals surface area contributed by atoms with E-state index in [4.69, 9.17) is 9.84 Å². The number of aromatic nitrogens is 2. The minimum Gasteiger partial charge on any atom is -0.494 e. The highest BCUT2D eigenvalue weighted by molar-refractivity contribution is 6.00. The first-order chi connectivity index (χ1) is 16.6. The van der Waals surface area contributed by atoms with E-state index in [9.17, 15) is 4.79 Å². The molecule has 0 saturated carbocycles. The SMILES string of the molecule is CCCOc1ccc(C2c3c(-c4ccc(C)cc4)nn(C)c3C(=O)N2Cc2ccccc2)cc1. The van der Waals surface area contributed by atoms with Crippen molar-refractivity contribution in [2.24, 2.45) is 7.05 Å². The number of hydrogen-bond acceptors (Lipinski definition) is 3. The fourth-order valence-corrected chi connectivity index (χ4v) is 4.64. The molecule has 4 aromatic rings. The lowest BCUT2D eigenvalue weighted by atomic mass is 9.95. The molecule has 0 saturated heterocycles. The van der Waals surface area contributed by atoms with Crippen LogP contribution in [0.4, 0.5) is 0 Å². The van der Waals surface area contributed by atoms with Crippen LogP contribution in [0, 0.1) is 6.92 Å². The minimum atomic E-state index is -0.229. The molecule has 5 heteroatoms. The van der Waals surface area contributed by atoms with Crippen LogP contribution in [-0.2, 0) is 13.6 Å². The molecule has 172 valence electrons. The summed E-state index contributed by atoms with van der Waals surface area (Å²) in [4.78, 5) is 15.7. The maximum absolute atomic E-state index is 13.8. The van der Waals surface area contributed by atoms with Crippen molar-refractivity contribution in [1.29, 1.82) is 0 Å². The third-order valence-corrected chi connectivity index (χ3v) is 6.32. The summed E-state index contributed by atoms with van der Waals surface area (Å²) < 4.78 is 7.54. The van der Waals surface area contributed by atoms with Gasteiger partial charge in [0.1, 0.15) is 11.4 Å². The molecule has 1 atom stereocenters. The van der Waals surface area contributed by atoms with Crippen LogP contribution in [0.2, 0.25) is 0 Å². The second kappa shape index (κ2) is 9.18. The van der Waals surface area contributed by atoms with Gasteiger partial charge in [-0.25, -0.2) is 0 Å². The van der Waals surface area contributed by atoms with Crippen molar-refractivity contribution in [1.82, 2.24) is 14.7 Å². The molecule has 0 fully saturated rings. The molecule has 3 aromatic carbocycles. The Kier molecular flexibility index (Phi) is 5.93.